The molecule has 1 heterocycles. The summed E-state index contributed by atoms with van der Waals surface area (Å²) in [6.07, 6.45) is 0.117. The zero-order chi connectivity index (χ0) is 8.27. The molecule has 11 heavy (non-hydrogen) atoms. The monoisotopic (exact) mass is 174 g/mol. The SMILES string of the molecule is C=C(CS)C(=O)OCC1CO1. The van der Waals surface area contributed by atoms with Gasteiger partial charge < -0.3 is 9.47 Å². The molecule has 0 aromatic rings. The first-order valence-corrected chi connectivity index (χ1v) is 3.94. The Morgan fingerprint density at radius 3 is 2.91 bits per heavy atom. The van der Waals surface area contributed by atoms with Gasteiger partial charge in [-0.3, -0.25) is 0 Å². The molecule has 0 aromatic carbocycles. The van der Waals surface area contributed by atoms with Crippen LogP contribution in [0.4, 0.5) is 0 Å². The number of ether oxygens (including phenoxy) is 2. The van der Waals surface area contributed by atoms with Crippen LogP contribution in [-0.4, -0.2) is 31.0 Å². The van der Waals surface area contributed by atoms with E-state index in [2.05, 4.69) is 19.2 Å². The largest absolute Gasteiger partial charge is 0.459 e. The molecule has 4 heteroatoms. The molecule has 1 saturated heterocycles. The normalized spacial score (nSPS) is 21.0. The summed E-state index contributed by atoms with van der Waals surface area (Å²) in [7, 11) is 0. The Kier molecular flexibility index (Phi) is 2.96. The van der Waals surface area contributed by atoms with Crippen molar-refractivity contribution in [1.82, 2.24) is 0 Å². The maximum atomic E-state index is 10.9. The summed E-state index contributed by atoms with van der Waals surface area (Å²) in [5, 5.41) is 0. The van der Waals surface area contributed by atoms with Crippen LogP contribution in [-0.2, 0) is 14.3 Å². The topological polar surface area (TPSA) is 38.8 Å². The van der Waals surface area contributed by atoms with Crippen LogP contribution < -0.4 is 0 Å². The summed E-state index contributed by atoms with van der Waals surface area (Å²) in [6.45, 7) is 4.51. The lowest BCUT2D eigenvalue weighted by molar-refractivity contribution is -0.139. The van der Waals surface area contributed by atoms with Crippen molar-refractivity contribution in [3.8, 4) is 0 Å². The molecule has 1 atom stereocenters. The van der Waals surface area contributed by atoms with Crippen molar-refractivity contribution in [1.29, 1.82) is 0 Å². The van der Waals surface area contributed by atoms with E-state index >= 15 is 0 Å². The smallest absolute Gasteiger partial charge is 0.334 e. The van der Waals surface area contributed by atoms with E-state index in [1.807, 2.05) is 0 Å². The molecule has 0 aromatic heterocycles. The highest BCUT2D eigenvalue weighted by Crippen LogP contribution is 2.09. The van der Waals surface area contributed by atoms with Crippen molar-refractivity contribution in [2.45, 2.75) is 6.10 Å². The van der Waals surface area contributed by atoms with Gasteiger partial charge in [-0.1, -0.05) is 6.58 Å². The summed E-state index contributed by atoms with van der Waals surface area (Å²) in [6, 6.07) is 0. The number of carbonyl (C=O) groups is 1. The average Bonchev–Trinajstić information content (AvgIpc) is 2.81. The van der Waals surface area contributed by atoms with E-state index in [1.54, 1.807) is 0 Å². The molecule has 0 spiro atoms. The third-order valence-corrected chi connectivity index (χ3v) is 1.66. The molecule has 3 nitrogen and oxygen atoms in total. The standard InChI is InChI=1S/C7H10O3S/c1-5(4-11)7(8)10-3-6-2-9-6/h6,11H,1-4H2. The predicted molar refractivity (Wildman–Crippen MR) is 43.7 cm³/mol. The van der Waals surface area contributed by atoms with E-state index in [4.69, 9.17) is 9.47 Å². The van der Waals surface area contributed by atoms with E-state index in [9.17, 15) is 4.79 Å². The molecule has 0 amide bonds. The molecule has 1 aliphatic heterocycles. The number of hydrogen-bond donors (Lipinski definition) is 1. The van der Waals surface area contributed by atoms with Crippen LogP contribution in [0, 0.1) is 0 Å². The summed E-state index contributed by atoms with van der Waals surface area (Å²) in [5.41, 5.74) is 0.383. The van der Waals surface area contributed by atoms with E-state index in [-0.39, 0.29) is 12.1 Å². The van der Waals surface area contributed by atoms with E-state index in [0.717, 1.165) is 0 Å². The Bertz CT molecular complexity index is 175. The first kappa shape index (κ1) is 8.62. The molecule has 1 rings (SSSR count). The quantitative estimate of drug-likeness (QED) is 0.290. The van der Waals surface area contributed by atoms with Crippen LogP contribution in [0.2, 0.25) is 0 Å². The fourth-order valence-corrected chi connectivity index (χ4v) is 0.629. The van der Waals surface area contributed by atoms with Crippen LogP contribution in [0.1, 0.15) is 0 Å². The van der Waals surface area contributed by atoms with Crippen LogP contribution in [0.15, 0.2) is 12.2 Å². The molecule has 0 bridgehead atoms. The molecule has 1 unspecified atom stereocenters. The molecule has 1 fully saturated rings. The molecule has 0 radical (unpaired) electrons. The third-order valence-electron chi connectivity index (χ3n) is 1.28. The van der Waals surface area contributed by atoms with Crippen LogP contribution in [0.25, 0.3) is 0 Å². The highest BCUT2D eigenvalue weighted by atomic mass is 32.1. The second-order valence-corrected chi connectivity index (χ2v) is 2.63. The Balaban J connectivity index is 2.13. The first-order valence-electron chi connectivity index (χ1n) is 3.31. The van der Waals surface area contributed by atoms with Gasteiger partial charge in [0.15, 0.2) is 0 Å². The lowest BCUT2D eigenvalue weighted by atomic mass is 10.3. The second kappa shape index (κ2) is 3.78. The van der Waals surface area contributed by atoms with Gasteiger partial charge in [-0.05, 0) is 0 Å². The number of epoxide rings is 1. The molecule has 0 aliphatic carbocycles. The summed E-state index contributed by atoms with van der Waals surface area (Å²) < 4.78 is 9.65. The van der Waals surface area contributed by atoms with Gasteiger partial charge in [0, 0.05) is 11.3 Å². The number of carbonyl (C=O) groups excluding carboxylic acids is 1. The van der Waals surface area contributed by atoms with Gasteiger partial charge in [0.25, 0.3) is 0 Å². The van der Waals surface area contributed by atoms with Crippen molar-refractivity contribution in [2.24, 2.45) is 0 Å². The average molecular weight is 174 g/mol. The van der Waals surface area contributed by atoms with Crippen molar-refractivity contribution in [2.75, 3.05) is 19.0 Å². The maximum Gasteiger partial charge on any atom is 0.334 e. The van der Waals surface area contributed by atoms with Crippen LogP contribution in [0.3, 0.4) is 0 Å². The number of thiol groups is 1. The Morgan fingerprint density at radius 1 is 1.82 bits per heavy atom. The molecular weight excluding hydrogens is 164 g/mol. The van der Waals surface area contributed by atoms with Crippen LogP contribution >= 0.6 is 12.6 Å². The minimum atomic E-state index is -0.379. The fourth-order valence-electron chi connectivity index (χ4n) is 0.500. The maximum absolute atomic E-state index is 10.9. The van der Waals surface area contributed by atoms with Gasteiger partial charge in [-0.25, -0.2) is 4.79 Å². The van der Waals surface area contributed by atoms with Gasteiger partial charge >= 0.3 is 5.97 Å². The number of rotatable bonds is 4. The van der Waals surface area contributed by atoms with Crippen molar-refractivity contribution in [3.63, 3.8) is 0 Å². The number of esters is 1. The molecule has 1 aliphatic rings. The zero-order valence-electron chi connectivity index (χ0n) is 6.08. The highest BCUT2D eigenvalue weighted by molar-refractivity contribution is 7.80. The van der Waals surface area contributed by atoms with E-state index in [1.165, 1.54) is 0 Å². The summed E-state index contributed by atoms with van der Waals surface area (Å²) in [5.74, 6) is -0.0415. The van der Waals surface area contributed by atoms with Gasteiger partial charge in [0.1, 0.15) is 12.7 Å². The third kappa shape index (κ3) is 2.95. The highest BCUT2D eigenvalue weighted by Gasteiger charge is 2.24. The Hall–Kier alpha value is -0.480. The van der Waals surface area contributed by atoms with E-state index < -0.39 is 0 Å². The molecule has 62 valence electrons. The van der Waals surface area contributed by atoms with E-state index in [0.29, 0.717) is 24.5 Å². The van der Waals surface area contributed by atoms with Crippen molar-refractivity contribution < 1.29 is 14.3 Å². The van der Waals surface area contributed by atoms with Gasteiger partial charge in [-0.15, -0.1) is 0 Å². The lowest BCUT2D eigenvalue weighted by Crippen LogP contribution is -2.12. The molecule has 0 saturated carbocycles. The fraction of sp³-hybridized carbons (Fsp3) is 0.571. The predicted octanol–water partition coefficient (Wildman–Crippen LogP) is 0.414. The summed E-state index contributed by atoms with van der Waals surface area (Å²) >= 11 is 3.88. The number of hydrogen-bond acceptors (Lipinski definition) is 4. The zero-order valence-corrected chi connectivity index (χ0v) is 6.97. The minimum Gasteiger partial charge on any atom is -0.459 e. The van der Waals surface area contributed by atoms with Gasteiger partial charge in [0.2, 0.25) is 0 Å². The Morgan fingerprint density at radius 2 is 2.45 bits per heavy atom. The first-order chi connectivity index (χ1) is 5.24. The van der Waals surface area contributed by atoms with Gasteiger partial charge in [0.05, 0.1) is 6.61 Å². The van der Waals surface area contributed by atoms with Crippen molar-refractivity contribution >= 4 is 18.6 Å². The summed E-state index contributed by atoms with van der Waals surface area (Å²) in [4.78, 5) is 10.9. The lowest BCUT2D eigenvalue weighted by Gasteiger charge is -2.01. The van der Waals surface area contributed by atoms with Crippen molar-refractivity contribution in [3.05, 3.63) is 12.2 Å². The van der Waals surface area contributed by atoms with Gasteiger partial charge in [-0.2, -0.15) is 12.6 Å². The minimum absolute atomic E-state index is 0.117. The molecular formula is C7H10O3S. The Labute approximate surface area is 70.8 Å². The molecule has 0 N–H and O–H groups in total. The second-order valence-electron chi connectivity index (χ2n) is 2.32. The van der Waals surface area contributed by atoms with Crippen LogP contribution in [0.5, 0.6) is 0 Å².